The van der Waals surface area contributed by atoms with E-state index in [4.69, 9.17) is 4.74 Å². The molecule has 1 aliphatic heterocycles. The minimum Gasteiger partial charge on any atom is -0.378 e. The highest BCUT2D eigenvalue weighted by Gasteiger charge is 2.28. The summed E-state index contributed by atoms with van der Waals surface area (Å²) in [5, 5.41) is 6.00. The van der Waals surface area contributed by atoms with Gasteiger partial charge in [-0.2, -0.15) is 0 Å². The lowest BCUT2D eigenvalue weighted by Crippen LogP contribution is -2.41. The average molecular weight is 297 g/mol. The van der Waals surface area contributed by atoms with E-state index in [2.05, 4.69) is 17.2 Å². The van der Waals surface area contributed by atoms with Crippen LogP contribution in [0.3, 0.4) is 0 Å². The van der Waals surface area contributed by atoms with Gasteiger partial charge in [-0.3, -0.25) is 0 Å². The van der Waals surface area contributed by atoms with Gasteiger partial charge < -0.3 is 15.0 Å². The number of ether oxygens (including phenoxy) is 1. The Labute approximate surface area is 124 Å². The fourth-order valence-electron chi connectivity index (χ4n) is 2.42. The van der Waals surface area contributed by atoms with Crippen molar-refractivity contribution in [1.82, 2.24) is 15.2 Å². The zero-order chi connectivity index (χ0) is 14.4. The van der Waals surface area contributed by atoms with E-state index >= 15 is 0 Å². The SMILES string of the molecule is CO[C@]1(C)CCCN(C(=O)NCCc2nccs2)CC1. The highest BCUT2D eigenvalue weighted by Crippen LogP contribution is 2.24. The normalized spacial score (nSPS) is 23.4. The standard InChI is InChI=1S/C14H23N3O2S/c1-14(19-2)5-3-9-17(10-6-14)13(18)16-7-4-12-15-8-11-20-12/h8,11H,3-7,9-10H2,1-2H3,(H,16,18)/t14-/m1/s1. The van der Waals surface area contributed by atoms with Gasteiger partial charge in [0, 0.05) is 44.7 Å². The monoisotopic (exact) mass is 297 g/mol. The van der Waals surface area contributed by atoms with Crippen LogP contribution in [-0.4, -0.2) is 48.3 Å². The van der Waals surface area contributed by atoms with Gasteiger partial charge in [0.15, 0.2) is 0 Å². The second-order valence-electron chi connectivity index (χ2n) is 5.40. The molecular weight excluding hydrogens is 274 g/mol. The average Bonchev–Trinajstić information content (AvgIpc) is 2.87. The van der Waals surface area contributed by atoms with Crippen LogP contribution in [-0.2, 0) is 11.2 Å². The van der Waals surface area contributed by atoms with Gasteiger partial charge >= 0.3 is 6.03 Å². The Morgan fingerprint density at radius 2 is 2.40 bits per heavy atom. The number of rotatable bonds is 4. The number of amides is 2. The first-order valence-corrected chi connectivity index (χ1v) is 7.97. The molecule has 2 heterocycles. The van der Waals surface area contributed by atoms with Gasteiger partial charge in [0.05, 0.1) is 10.6 Å². The highest BCUT2D eigenvalue weighted by atomic mass is 32.1. The van der Waals surface area contributed by atoms with E-state index in [1.54, 1.807) is 24.6 Å². The number of nitrogens with zero attached hydrogens (tertiary/aromatic N) is 2. The van der Waals surface area contributed by atoms with Crippen molar-refractivity contribution in [3.05, 3.63) is 16.6 Å². The third-order valence-corrected chi connectivity index (χ3v) is 4.76. The number of hydrogen-bond donors (Lipinski definition) is 1. The number of thiazole rings is 1. The molecule has 0 radical (unpaired) electrons. The van der Waals surface area contributed by atoms with Crippen LogP contribution in [0.4, 0.5) is 4.79 Å². The van der Waals surface area contributed by atoms with E-state index in [1.165, 1.54) is 0 Å². The molecule has 0 bridgehead atoms. The largest absolute Gasteiger partial charge is 0.378 e. The molecule has 6 heteroatoms. The first-order valence-electron chi connectivity index (χ1n) is 7.09. The van der Waals surface area contributed by atoms with Crippen LogP contribution in [0.2, 0.25) is 0 Å². The Balaban J connectivity index is 1.75. The third kappa shape index (κ3) is 4.18. The lowest BCUT2D eigenvalue weighted by Gasteiger charge is -2.26. The molecule has 0 saturated carbocycles. The molecule has 2 amide bonds. The number of aromatic nitrogens is 1. The number of urea groups is 1. The molecule has 1 atom stereocenters. The van der Waals surface area contributed by atoms with Crippen molar-refractivity contribution in [2.45, 2.75) is 38.2 Å². The lowest BCUT2D eigenvalue weighted by atomic mass is 9.97. The molecule has 1 aromatic rings. The molecule has 112 valence electrons. The van der Waals surface area contributed by atoms with Gasteiger partial charge in [-0.15, -0.1) is 11.3 Å². The number of nitrogens with one attached hydrogen (secondary N) is 1. The van der Waals surface area contributed by atoms with Crippen molar-refractivity contribution in [2.75, 3.05) is 26.7 Å². The molecule has 1 fully saturated rings. The number of carbonyl (C=O) groups excluding carboxylic acids is 1. The Hall–Kier alpha value is -1.14. The number of likely N-dealkylation sites (tertiary alicyclic amines) is 1. The van der Waals surface area contributed by atoms with Crippen LogP contribution < -0.4 is 5.32 Å². The van der Waals surface area contributed by atoms with Crippen LogP contribution in [0, 0.1) is 0 Å². The molecule has 1 aliphatic rings. The molecule has 0 spiro atoms. The summed E-state index contributed by atoms with van der Waals surface area (Å²) in [6, 6.07) is 0.0295. The molecular formula is C14H23N3O2S. The van der Waals surface area contributed by atoms with Crippen molar-refractivity contribution < 1.29 is 9.53 Å². The summed E-state index contributed by atoms with van der Waals surface area (Å²) in [5.74, 6) is 0. The molecule has 1 N–H and O–H groups in total. The van der Waals surface area contributed by atoms with E-state index in [-0.39, 0.29) is 11.6 Å². The van der Waals surface area contributed by atoms with E-state index in [0.29, 0.717) is 6.54 Å². The Kier molecular flexibility index (Phi) is 5.37. The second-order valence-corrected chi connectivity index (χ2v) is 6.38. The predicted octanol–water partition coefficient (Wildman–Crippen LogP) is 2.29. The van der Waals surface area contributed by atoms with Crippen molar-refractivity contribution >= 4 is 17.4 Å². The molecule has 1 aromatic heterocycles. The first-order chi connectivity index (χ1) is 9.63. The quantitative estimate of drug-likeness (QED) is 0.927. The summed E-state index contributed by atoms with van der Waals surface area (Å²) in [7, 11) is 1.75. The molecule has 0 aromatic carbocycles. The zero-order valence-electron chi connectivity index (χ0n) is 12.2. The Morgan fingerprint density at radius 3 is 3.10 bits per heavy atom. The molecule has 1 saturated heterocycles. The zero-order valence-corrected chi connectivity index (χ0v) is 13.0. The summed E-state index contributed by atoms with van der Waals surface area (Å²) in [5.41, 5.74) is -0.0874. The summed E-state index contributed by atoms with van der Waals surface area (Å²) in [6.07, 6.45) is 5.48. The van der Waals surface area contributed by atoms with E-state index in [0.717, 1.165) is 43.8 Å². The van der Waals surface area contributed by atoms with Crippen LogP contribution in [0.1, 0.15) is 31.2 Å². The van der Waals surface area contributed by atoms with Crippen LogP contribution in [0.25, 0.3) is 0 Å². The fraction of sp³-hybridized carbons (Fsp3) is 0.714. The van der Waals surface area contributed by atoms with E-state index in [9.17, 15) is 4.79 Å². The molecule has 0 unspecified atom stereocenters. The summed E-state index contributed by atoms with van der Waals surface area (Å²) >= 11 is 1.62. The van der Waals surface area contributed by atoms with Crippen molar-refractivity contribution in [3.63, 3.8) is 0 Å². The molecule has 0 aliphatic carbocycles. The van der Waals surface area contributed by atoms with Gasteiger partial charge in [-0.25, -0.2) is 9.78 Å². The second kappa shape index (κ2) is 7.04. The maximum atomic E-state index is 12.1. The van der Waals surface area contributed by atoms with Gasteiger partial charge in [-0.05, 0) is 26.2 Å². The van der Waals surface area contributed by atoms with Gasteiger partial charge in [0.25, 0.3) is 0 Å². The maximum absolute atomic E-state index is 12.1. The van der Waals surface area contributed by atoms with Crippen LogP contribution in [0.15, 0.2) is 11.6 Å². The third-order valence-electron chi connectivity index (χ3n) is 3.92. The lowest BCUT2D eigenvalue weighted by molar-refractivity contribution is -0.00499. The fourth-order valence-corrected chi connectivity index (χ4v) is 3.04. The highest BCUT2D eigenvalue weighted by molar-refractivity contribution is 7.09. The number of hydrogen-bond acceptors (Lipinski definition) is 4. The molecule has 5 nitrogen and oxygen atoms in total. The van der Waals surface area contributed by atoms with E-state index in [1.807, 2.05) is 10.3 Å². The first kappa shape index (κ1) is 15.3. The summed E-state index contributed by atoms with van der Waals surface area (Å²) < 4.78 is 5.55. The van der Waals surface area contributed by atoms with Crippen molar-refractivity contribution in [1.29, 1.82) is 0 Å². The van der Waals surface area contributed by atoms with E-state index < -0.39 is 0 Å². The van der Waals surface area contributed by atoms with Gasteiger partial charge in [0.1, 0.15) is 0 Å². The number of methoxy groups -OCH3 is 1. The number of carbonyl (C=O) groups is 1. The Bertz CT molecular complexity index is 424. The molecule has 2 rings (SSSR count). The topological polar surface area (TPSA) is 54.5 Å². The van der Waals surface area contributed by atoms with Crippen LogP contribution >= 0.6 is 11.3 Å². The van der Waals surface area contributed by atoms with Crippen molar-refractivity contribution in [3.8, 4) is 0 Å². The van der Waals surface area contributed by atoms with Gasteiger partial charge in [-0.1, -0.05) is 0 Å². The van der Waals surface area contributed by atoms with Gasteiger partial charge in [0.2, 0.25) is 0 Å². The minimum absolute atomic E-state index is 0.0295. The molecule has 20 heavy (non-hydrogen) atoms. The smallest absolute Gasteiger partial charge is 0.317 e. The van der Waals surface area contributed by atoms with Crippen molar-refractivity contribution in [2.24, 2.45) is 0 Å². The van der Waals surface area contributed by atoms with Crippen LogP contribution in [0.5, 0.6) is 0 Å². The predicted molar refractivity (Wildman–Crippen MR) is 80.1 cm³/mol. The maximum Gasteiger partial charge on any atom is 0.317 e. The Morgan fingerprint density at radius 1 is 1.55 bits per heavy atom. The summed E-state index contributed by atoms with van der Waals surface area (Å²) in [4.78, 5) is 18.2. The minimum atomic E-state index is -0.0874. The summed E-state index contributed by atoms with van der Waals surface area (Å²) in [6.45, 7) is 4.33.